The lowest BCUT2D eigenvalue weighted by molar-refractivity contribution is -0.132. The Morgan fingerprint density at radius 1 is 1.16 bits per heavy atom. The number of carbonyl (C=O) groups excluding carboxylic acids is 2. The second kappa shape index (κ2) is 6.89. The van der Waals surface area contributed by atoms with Crippen LogP contribution in [0.2, 0.25) is 5.02 Å². The molecule has 1 N–H and O–H groups in total. The maximum atomic E-state index is 13.1. The van der Waals surface area contributed by atoms with Crippen molar-refractivity contribution in [2.24, 2.45) is 5.41 Å². The molecular formula is C20H21ClN2O2. The number of nitrogens with zero attached hydrogens (tertiary/aromatic N) is 1. The number of rotatable bonds is 5. The fraction of sp³-hybridized carbons (Fsp3) is 0.300. The van der Waals surface area contributed by atoms with E-state index in [9.17, 15) is 9.59 Å². The third kappa shape index (κ3) is 3.54. The SMILES string of the molecule is CCN(C(=O)C1(C(=O)Nc2ccc(Cl)cc2)CC1)c1cccc(C)c1. The van der Waals surface area contributed by atoms with E-state index < -0.39 is 5.41 Å². The van der Waals surface area contributed by atoms with Crippen LogP contribution in [0.5, 0.6) is 0 Å². The van der Waals surface area contributed by atoms with E-state index >= 15 is 0 Å². The lowest BCUT2D eigenvalue weighted by Crippen LogP contribution is -2.43. The summed E-state index contributed by atoms with van der Waals surface area (Å²) < 4.78 is 0. The number of hydrogen-bond acceptors (Lipinski definition) is 2. The van der Waals surface area contributed by atoms with E-state index in [-0.39, 0.29) is 11.8 Å². The van der Waals surface area contributed by atoms with Crippen LogP contribution in [-0.2, 0) is 9.59 Å². The van der Waals surface area contributed by atoms with Gasteiger partial charge < -0.3 is 10.2 Å². The molecule has 3 rings (SSSR count). The Bertz CT molecular complexity index is 798. The average Bonchev–Trinajstić information content (AvgIpc) is 3.39. The third-order valence-electron chi connectivity index (χ3n) is 4.57. The van der Waals surface area contributed by atoms with E-state index in [4.69, 9.17) is 11.6 Å². The van der Waals surface area contributed by atoms with E-state index in [1.807, 2.05) is 38.1 Å². The molecule has 25 heavy (non-hydrogen) atoms. The minimum Gasteiger partial charge on any atom is -0.325 e. The van der Waals surface area contributed by atoms with Crippen molar-refractivity contribution in [3.63, 3.8) is 0 Å². The van der Waals surface area contributed by atoms with Gasteiger partial charge in [-0.15, -0.1) is 0 Å². The first-order chi connectivity index (χ1) is 12.0. The minimum absolute atomic E-state index is 0.132. The van der Waals surface area contributed by atoms with Gasteiger partial charge in [-0.2, -0.15) is 0 Å². The third-order valence-corrected chi connectivity index (χ3v) is 4.82. The number of halogens is 1. The van der Waals surface area contributed by atoms with Gasteiger partial charge in [-0.1, -0.05) is 23.7 Å². The van der Waals surface area contributed by atoms with E-state index in [0.29, 0.717) is 30.1 Å². The molecule has 0 aliphatic heterocycles. The Balaban J connectivity index is 1.79. The number of hydrogen-bond donors (Lipinski definition) is 1. The highest BCUT2D eigenvalue weighted by atomic mass is 35.5. The topological polar surface area (TPSA) is 49.4 Å². The van der Waals surface area contributed by atoms with Gasteiger partial charge in [0.15, 0.2) is 0 Å². The van der Waals surface area contributed by atoms with Crippen LogP contribution in [0.3, 0.4) is 0 Å². The molecule has 1 aliphatic carbocycles. The Morgan fingerprint density at radius 2 is 1.84 bits per heavy atom. The van der Waals surface area contributed by atoms with Gasteiger partial charge in [0.2, 0.25) is 11.8 Å². The molecule has 2 aromatic rings. The average molecular weight is 357 g/mol. The number of nitrogens with one attached hydrogen (secondary N) is 1. The van der Waals surface area contributed by atoms with Crippen molar-refractivity contribution in [2.45, 2.75) is 26.7 Å². The van der Waals surface area contributed by atoms with Gasteiger partial charge in [0, 0.05) is 22.9 Å². The van der Waals surface area contributed by atoms with Crippen LogP contribution in [0, 0.1) is 12.3 Å². The summed E-state index contributed by atoms with van der Waals surface area (Å²) in [5.74, 6) is -0.377. The molecule has 0 aromatic heterocycles. The summed E-state index contributed by atoms with van der Waals surface area (Å²) in [7, 11) is 0. The van der Waals surface area contributed by atoms with Gasteiger partial charge in [-0.25, -0.2) is 0 Å². The van der Waals surface area contributed by atoms with Crippen molar-refractivity contribution in [3.05, 3.63) is 59.1 Å². The van der Waals surface area contributed by atoms with Gasteiger partial charge in [-0.3, -0.25) is 9.59 Å². The number of amides is 2. The second-order valence-corrected chi connectivity index (χ2v) is 6.87. The summed E-state index contributed by atoms with van der Waals surface area (Å²) in [5.41, 5.74) is 1.60. The molecule has 2 amide bonds. The summed E-state index contributed by atoms with van der Waals surface area (Å²) in [4.78, 5) is 27.5. The summed E-state index contributed by atoms with van der Waals surface area (Å²) in [6, 6.07) is 14.7. The lowest BCUT2D eigenvalue weighted by Gasteiger charge is -2.26. The normalized spacial score (nSPS) is 14.7. The molecule has 0 unspecified atom stereocenters. The molecule has 0 heterocycles. The predicted molar refractivity (Wildman–Crippen MR) is 101 cm³/mol. The predicted octanol–water partition coefficient (Wildman–Crippen LogP) is 4.42. The quantitative estimate of drug-likeness (QED) is 0.806. The van der Waals surface area contributed by atoms with Gasteiger partial charge in [0.1, 0.15) is 5.41 Å². The molecule has 0 radical (unpaired) electrons. The summed E-state index contributed by atoms with van der Waals surface area (Å²) >= 11 is 5.87. The van der Waals surface area contributed by atoms with Crippen molar-refractivity contribution >= 4 is 34.8 Å². The molecule has 1 saturated carbocycles. The van der Waals surface area contributed by atoms with E-state index in [1.54, 1.807) is 29.2 Å². The van der Waals surface area contributed by atoms with Crippen molar-refractivity contribution in [1.29, 1.82) is 0 Å². The highest BCUT2D eigenvalue weighted by Gasteiger charge is 2.58. The van der Waals surface area contributed by atoms with Crippen molar-refractivity contribution in [1.82, 2.24) is 0 Å². The van der Waals surface area contributed by atoms with Crippen LogP contribution in [0.15, 0.2) is 48.5 Å². The monoisotopic (exact) mass is 356 g/mol. The van der Waals surface area contributed by atoms with E-state index in [0.717, 1.165) is 11.3 Å². The molecule has 0 spiro atoms. The zero-order chi connectivity index (χ0) is 18.0. The summed E-state index contributed by atoms with van der Waals surface area (Å²) in [6.07, 6.45) is 1.15. The first-order valence-electron chi connectivity index (χ1n) is 8.42. The van der Waals surface area contributed by atoms with Crippen LogP contribution < -0.4 is 10.2 Å². The van der Waals surface area contributed by atoms with Crippen molar-refractivity contribution in [2.75, 3.05) is 16.8 Å². The molecule has 0 bridgehead atoms. The minimum atomic E-state index is -0.959. The molecular weight excluding hydrogens is 336 g/mol. The molecule has 2 aromatic carbocycles. The maximum absolute atomic E-state index is 13.1. The lowest BCUT2D eigenvalue weighted by atomic mass is 10.0. The zero-order valence-corrected chi connectivity index (χ0v) is 15.1. The van der Waals surface area contributed by atoms with E-state index in [2.05, 4.69) is 5.32 Å². The first kappa shape index (κ1) is 17.5. The Labute approximate surface area is 152 Å². The van der Waals surface area contributed by atoms with Crippen LogP contribution in [0.1, 0.15) is 25.3 Å². The van der Waals surface area contributed by atoms with Crippen LogP contribution in [-0.4, -0.2) is 18.4 Å². The fourth-order valence-electron chi connectivity index (χ4n) is 2.94. The van der Waals surface area contributed by atoms with Crippen LogP contribution in [0.4, 0.5) is 11.4 Å². The molecule has 5 heteroatoms. The standard InChI is InChI=1S/C20H21ClN2O2/c1-3-23(17-6-4-5-14(2)13-17)19(25)20(11-12-20)18(24)22-16-9-7-15(21)8-10-16/h4-10,13H,3,11-12H2,1-2H3,(H,22,24). The smallest absolute Gasteiger partial charge is 0.242 e. The summed E-state index contributed by atoms with van der Waals surface area (Å²) in [6.45, 7) is 4.44. The second-order valence-electron chi connectivity index (χ2n) is 6.43. The first-order valence-corrected chi connectivity index (χ1v) is 8.80. The zero-order valence-electron chi connectivity index (χ0n) is 14.4. The highest BCUT2D eigenvalue weighted by Crippen LogP contribution is 2.48. The van der Waals surface area contributed by atoms with Crippen LogP contribution in [0.25, 0.3) is 0 Å². The molecule has 1 fully saturated rings. The molecule has 4 nitrogen and oxygen atoms in total. The van der Waals surface area contributed by atoms with Gasteiger partial charge in [-0.05, 0) is 68.7 Å². The largest absolute Gasteiger partial charge is 0.325 e. The van der Waals surface area contributed by atoms with Crippen molar-refractivity contribution in [3.8, 4) is 0 Å². The maximum Gasteiger partial charge on any atom is 0.242 e. The van der Waals surface area contributed by atoms with Gasteiger partial charge >= 0.3 is 0 Å². The van der Waals surface area contributed by atoms with Crippen LogP contribution >= 0.6 is 11.6 Å². The van der Waals surface area contributed by atoms with Crippen molar-refractivity contribution < 1.29 is 9.59 Å². The number of carbonyl (C=O) groups is 2. The van der Waals surface area contributed by atoms with E-state index in [1.165, 1.54) is 0 Å². The molecule has 0 atom stereocenters. The van der Waals surface area contributed by atoms with Gasteiger partial charge in [0.25, 0.3) is 0 Å². The molecule has 0 saturated heterocycles. The molecule has 1 aliphatic rings. The highest BCUT2D eigenvalue weighted by molar-refractivity contribution is 6.30. The fourth-order valence-corrected chi connectivity index (χ4v) is 3.07. The number of benzene rings is 2. The Morgan fingerprint density at radius 3 is 2.40 bits per heavy atom. The summed E-state index contributed by atoms with van der Waals surface area (Å²) in [5, 5.41) is 3.45. The van der Waals surface area contributed by atoms with Gasteiger partial charge in [0.05, 0.1) is 0 Å². The Kier molecular flexibility index (Phi) is 4.82. The number of aryl methyl sites for hydroxylation is 1. The Hall–Kier alpha value is -2.33. The molecule has 130 valence electrons. The number of anilines is 2.